The predicted molar refractivity (Wildman–Crippen MR) is 88.5 cm³/mol. The van der Waals surface area contributed by atoms with Crippen LogP contribution in [0, 0.1) is 0 Å². The van der Waals surface area contributed by atoms with Crippen molar-refractivity contribution in [1.82, 2.24) is 5.32 Å². The average Bonchev–Trinajstić information content (AvgIpc) is 3.20. The zero-order valence-corrected chi connectivity index (χ0v) is 13.4. The number of para-hydroxylation sites is 1. The van der Waals surface area contributed by atoms with Crippen LogP contribution in [0.3, 0.4) is 0 Å². The van der Waals surface area contributed by atoms with Crippen LogP contribution in [0.15, 0.2) is 45.5 Å². The monoisotopic (exact) mass is 317 g/mol. The van der Waals surface area contributed by atoms with Crippen molar-refractivity contribution in [1.29, 1.82) is 0 Å². The number of rotatable bonds is 6. The first-order valence-electron chi connectivity index (χ1n) is 7.19. The van der Waals surface area contributed by atoms with Crippen LogP contribution in [0.5, 0.6) is 5.75 Å². The van der Waals surface area contributed by atoms with E-state index in [9.17, 15) is 5.11 Å². The summed E-state index contributed by atoms with van der Waals surface area (Å²) in [5.41, 5.74) is 1.70. The third-order valence-electron chi connectivity index (χ3n) is 3.72. The van der Waals surface area contributed by atoms with E-state index in [1.807, 2.05) is 48.0 Å². The van der Waals surface area contributed by atoms with Gasteiger partial charge < -0.3 is 19.6 Å². The highest BCUT2D eigenvalue weighted by molar-refractivity contribution is 7.07. The van der Waals surface area contributed by atoms with E-state index >= 15 is 0 Å². The molecule has 5 heteroatoms. The van der Waals surface area contributed by atoms with Gasteiger partial charge in [0.15, 0.2) is 11.3 Å². The molecule has 2 heterocycles. The highest BCUT2D eigenvalue weighted by Gasteiger charge is 2.15. The number of fused-ring (bicyclic) bond motifs is 1. The molecule has 0 aliphatic heterocycles. The van der Waals surface area contributed by atoms with Gasteiger partial charge in [-0.15, -0.1) is 0 Å². The van der Waals surface area contributed by atoms with Gasteiger partial charge in [0.25, 0.3) is 0 Å². The summed E-state index contributed by atoms with van der Waals surface area (Å²) in [5, 5.41) is 18.4. The Kier molecular flexibility index (Phi) is 4.47. The number of hydrogen-bond donors (Lipinski definition) is 2. The Balaban J connectivity index is 1.71. The molecule has 2 N–H and O–H groups in total. The molecule has 0 aliphatic carbocycles. The van der Waals surface area contributed by atoms with Crippen molar-refractivity contribution in [3.05, 3.63) is 52.4 Å². The summed E-state index contributed by atoms with van der Waals surface area (Å²) in [6.07, 6.45) is -0.507. The van der Waals surface area contributed by atoms with E-state index in [1.54, 1.807) is 18.4 Å². The van der Waals surface area contributed by atoms with E-state index in [0.717, 1.165) is 28.0 Å². The van der Waals surface area contributed by atoms with Crippen LogP contribution in [-0.4, -0.2) is 18.8 Å². The van der Waals surface area contributed by atoms with Crippen LogP contribution < -0.4 is 10.1 Å². The second kappa shape index (κ2) is 6.52. The molecule has 0 unspecified atom stereocenters. The summed E-state index contributed by atoms with van der Waals surface area (Å²) in [4.78, 5) is 0. The number of aliphatic hydroxyl groups excluding tert-OH is 1. The molecule has 2 atom stereocenters. The molecule has 0 radical (unpaired) electrons. The van der Waals surface area contributed by atoms with Crippen molar-refractivity contribution >= 4 is 22.3 Å². The molecule has 0 fully saturated rings. The van der Waals surface area contributed by atoms with Crippen molar-refractivity contribution in [2.75, 3.05) is 13.7 Å². The second-order valence-corrected chi connectivity index (χ2v) is 6.01. The summed E-state index contributed by atoms with van der Waals surface area (Å²) < 4.78 is 11.2. The maximum atomic E-state index is 10.1. The fourth-order valence-corrected chi connectivity index (χ4v) is 3.11. The molecule has 4 nitrogen and oxygen atoms in total. The number of furan rings is 1. The number of hydrogen-bond acceptors (Lipinski definition) is 5. The van der Waals surface area contributed by atoms with E-state index in [4.69, 9.17) is 9.15 Å². The van der Waals surface area contributed by atoms with Crippen molar-refractivity contribution < 1.29 is 14.3 Å². The molecule has 116 valence electrons. The maximum Gasteiger partial charge on any atom is 0.176 e. The lowest BCUT2D eigenvalue weighted by Crippen LogP contribution is -2.24. The Bertz CT molecular complexity index is 736. The van der Waals surface area contributed by atoms with Gasteiger partial charge in [-0.25, -0.2) is 0 Å². The Morgan fingerprint density at radius 1 is 1.36 bits per heavy atom. The number of aliphatic hydroxyl groups is 1. The molecule has 0 saturated heterocycles. The van der Waals surface area contributed by atoms with Gasteiger partial charge in [-0.2, -0.15) is 11.3 Å². The van der Waals surface area contributed by atoms with Crippen LogP contribution in [0.25, 0.3) is 11.0 Å². The van der Waals surface area contributed by atoms with E-state index in [1.165, 1.54) is 0 Å². The lowest BCUT2D eigenvalue weighted by molar-refractivity contribution is 0.169. The molecule has 22 heavy (non-hydrogen) atoms. The fraction of sp³-hybridized carbons (Fsp3) is 0.294. The van der Waals surface area contributed by atoms with E-state index in [0.29, 0.717) is 6.54 Å². The average molecular weight is 317 g/mol. The van der Waals surface area contributed by atoms with Gasteiger partial charge in [0, 0.05) is 11.9 Å². The molecule has 0 amide bonds. The summed E-state index contributed by atoms with van der Waals surface area (Å²) in [6.45, 7) is 2.50. The van der Waals surface area contributed by atoms with Crippen LogP contribution in [-0.2, 0) is 0 Å². The van der Waals surface area contributed by atoms with Crippen molar-refractivity contribution in [3.8, 4) is 5.75 Å². The van der Waals surface area contributed by atoms with Gasteiger partial charge in [0.2, 0.25) is 0 Å². The Hall–Kier alpha value is -1.82. The van der Waals surface area contributed by atoms with Crippen molar-refractivity contribution in [2.24, 2.45) is 0 Å². The Morgan fingerprint density at radius 3 is 2.95 bits per heavy atom. The number of benzene rings is 1. The van der Waals surface area contributed by atoms with Crippen LogP contribution >= 0.6 is 11.3 Å². The highest BCUT2D eigenvalue weighted by Crippen LogP contribution is 2.31. The first-order valence-corrected chi connectivity index (χ1v) is 8.13. The fourth-order valence-electron chi connectivity index (χ4n) is 2.40. The third-order valence-corrected chi connectivity index (χ3v) is 4.42. The normalized spacial score (nSPS) is 14.1. The molecule has 0 spiro atoms. The molecule has 3 rings (SSSR count). The largest absolute Gasteiger partial charge is 0.493 e. The number of nitrogens with one attached hydrogen (secondary N) is 1. The summed E-state index contributed by atoms with van der Waals surface area (Å²) >= 11 is 1.59. The number of methoxy groups -OCH3 is 1. The minimum absolute atomic E-state index is 0.00499. The number of thiophene rings is 1. The highest BCUT2D eigenvalue weighted by atomic mass is 32.1. The van der Waals surface area contributed by atoms with Gasteiger partial charge >= 0.3 is 0 Å². The quantitative estimate of drug-likeness (QED) is 0.724. The number of ether oxygens (including phenoxy) is 1. The second-order valence-electron chi connectivity index (χ2n) is 5.23. The molecular weight excluding hydrogens is 298 g/mol. The molecule has 2 aromatic heterocycles. The first-order chi connectivity index (χ1) is 10.7. The summed E-state index contributed by atoms with van der Waals surface area (Å²) in [6, 6.07) is 9.77. The SMILES string of the molecule is COc1cccc2cc([C@H](C)NC[C@H](O)c3ccsc3)oc12. The Labute approximate surface area is 133 Å². The van der Waals surface area contributed by atoms with Gasteiger partial charge in [-0.3, -0.25) is 0 Å². The standard InChI is InChI=1S/C17H19NO3S/c1-11(18-9-14(19)13-6-7-22-10-13)16-8-12-4-3-5-15(20-2)17(12)21-16/h3-8,10-11,14,18-19H,9H2,1-2H3/t11-,14-/m0/s1. The summed E-state index contributed by atoms with van der Waals surface area (Å²) in [7, 11) is 1.63. The van der Waals surface area contributed by atoms with E-state index in [-0.39, 0.29) is 6.04 Å². The van der Waals surface area contributed by atoms with Crippen molar-refractivity contribution in [3.63, 3.8) is 0 Å². The lowest BCUT2D eigenvalue weighted by Gasteiger charge is -2.14. The zero-order valence-electron chi connectivity index (χ0n) is 12.6. The Morgan fingerprint density at radius 2 is 2.23 bits per heavy atom. The first kappa shape index (κ1) is 15.1. The van der Waals surface area contributed by atoms with E-state index in [2.05, 4.69) is 5.32 Å². The van der Waals surface area contributed by atoms with E-state index < -0.39 is 6.10 Å². The predicted octanol–water partition coefficient (Wildman–Crippen LogP) is 3.89. The third kappa shape index (κ3) is 3.02. The maximum absolute atomic E-state index is 10.1. The molecule has 0 bridgehead atoms. The van der Waals surface area contributed by atoms with Crippen molar-refractivity contribution in [2.45, 2.75) is 19.1 Å². The minimum Gasteiger partial charge on any atom is -0.493 e. The smallest absolute Gasteiger partial charge is 0.176 e. The minimum atomic E-state index is -0.507. The molecule has 3 aromatic rings. The van der Waals surface area contributed by atoms with Crippen LogP contribution in [0.4, 0.5) is 0 Å². The zero-order chi connectivity index (χ0) is 15.5. The topological polar surface area (TPSA) is 54.6 Å². The van der Waals surface area contributed by atoms with Gasteiger partial charge in [-0.05, 0) is 41.4 Å². The molecule has 0 saturated carbocycles. The van der Waals surface area contributed by atoms with Gasteiger partial charge in [0.05, 0.1) is 19.3 Å². The molecule has 0 aliphatic rings. The van der Waals surface area contributed by atoms with Gasteiger partial charge in [-0.1, -0.05) is 12.1 Å². The van der Waals surface area contributed by atoms with Crippen LogP contribution in [0.1, 0.15) is 30.4 Å². The molecule has 1 aromatic carbocycles. The lowest BCUT2D eigenvalue weighted by atomic mass is 10.1. The van der Waals surface area contributed by atoms with Crippen LogP contribution in [0.2, 0.25) is 0 Å². The van der Waals surface area contributed by atoms with Gasteiger partial charge in [0.1, 0.15) is 5.76 Å². The summed E-state index contributed by atoms with van der Waals surface area (Å²) in [5.74, 6) is 1.56. The molecular formula is C17H19NO3S.